The highest BCUT2D eigenvalue weighted by Crippen LogP contribution is 2.18. The SMILES string of the molecule is O=c1ccnc(CNC2CC2)[nH]1. The largest absolute Gasteiger partial charge is 0.309 e. The van der Waals surface area contributed by atoms with Crippen LogP contribution in [-0.2, 0) is 6.54 Å². The number of aromatic amines is 1. The molecule has 0 atom stereocenters. The minimum Gasteiger partial charge on any atom is -0.309 e. The Hall–Kier alpha value is -1.16. The van der Waals surface area contributed by atoms with E-state index >= 15 is 0 Å². The van der Waals surface area contributed by atoms with Gasteiger partial charge in [-0.3, -0.25) is 4.79 Å². The maximum absolute atomic E-state index is 10.8. The van der Waals surface area contributed by atoms with E-state index in [1.165, 1.54) is 25.1 Å². The monoisotopic (exact) mass is 165 g/mol. The van der Waals surface area contributed by atoms with E-state index in [1.807, 2.05) is 0 Å². The van der Waals surface area contributed by atoms with Gasteiger partial charge in [-0.05, 0) is 12.8 Å². The molecule has 1 aliphatic rings. The minimum atomic E-state index is -0.0856. The Kier molecular flexibility index (Phi) is 1.91. The number of H-pyrrole nitrogens is 1. The minimum absolute atomic E-state index is 0.0856. The quantitative estimate of drug-likeness (QED) is 0.664. The van der Waals surface area contributed by atoms with Gasteiger partial charge in [-0.15, -0.1) is 0 Å². The summed E-state index contributed by atoms with van der Waals surface area (Å²) in [6, 6.07) is 2.07. The van der Waals surface area contributed by atoms with Crippen molar-refractivity contribution in [2.75, 3.05) is 0 Å². The first kappa shape index (κ1) is 7.49. The molecular weight excluding hydrogens is 154 g/mol. The molecule has 1 aromatic heterocycles. The summed E-state index contributed by atoms with van der Waals surface area (Å²) in [4.78, 5) is 17.5. The van der Waals surface area contributed by atoms with Crippen molar-refractivity contribution in [1.82, 2.24) is 15.3 Å². The molecule has 2 rings (SSSR count). The fourth-order valence-electron chi connectivity index (χ4n) is 1.03. The molecule has 0 amide bonds. The van der Waals surface area contributed by atoms with Crippen LogP contribution in [0.25, 0.3) is 0 Å². The lowest BCUT2D eigenvalue weighted by atomic mass is 10.5. The molecule has 1 aromatic rings. The van der Waals surface area contributed by atoms with Crippen molar-refractivity contribution >= 4 is 0 Å². The summed E-state index contributed by atoms with van der Waals surface area (Å²) in [5.41, 5.74) is -0.0856. The summed E-state index contributed by atoms with van der Waals surface area (Å²) in [6.45, 7) is 0.667. The van der Waals surface area contributed by atoms with E-state index in [2.05, 4.69) is 15.3 Å². The molecule has 1 aliphatic carbocycles. The van der Waals surface area contributed by atoms with Crippen molar-refractivity contribution in [3.05, 3.63) is 28.4 Å². The Morgan fingerprint density at radius 1 is 1.67 bits per heavy atom. The standard InChI is InChI=1S/C8H11N3O/c12-8-3-4-9-7(11-8)5-10-6-1-2-6/h3-4,6,10H,1-2,5H2,(H,9,11,12). The van der Waals surface area contributed by atoms with Gasteiger partial charge in [0.25, 0.3) is 5.56 Å². The molecule has 0 spiro atoms. The van der Waals surface area contributed by atoms with Gasteiger partial charge >= 0.3 is 0 Å². The molecule has 2 N–H and O–H groups in total. The lowest BCUT2D eigenvalue weighted by Crippen LogP contribution is -2.19. The summed E-state index contributed by atoms with van der Waals surface area (Å²) in [7, 11) is 0. The summed E-state index contributed by atoms with van der Waals surface area (Å²) in [5.74, 6) is 0.717. The zero-order chi connectivity index (χ0) is 8.39. The predicted molar refractivity (Wildman–Crippen MR) is 44.7 cm³/mol. The van der Waals surface area contributed by atoms with E-state index in [4.69, 9.17) is 0 Å². The number of hydrogen-bond acceptors (Lipinski definition) is 3. The second kappa shape index (κ2) is 3.06. The number of nitrogens with zero attached hydrogens (tertiary/aromatic N) is 1. The van der Waals surface area contributed by atoms with Crippen molar-refractivity contribution in [1.29, 1.82) is 0 Å². The van der Waals surface area contributed by atoms with E-state index < -0.39 is 0 Å². The number of rotatable bonds is 3. The van der Waals surface area contributed by atoms with Crippen LogP contribution in [0.5, 0.6) is 0 Å². The third-order valence-electron chi connectivity index (χ3n) is 1.86. The lowest BCUT2D eigenvalue weighted by molar-refractivity contribution is 0.655. The third kappa shape index (κ3) is 1.92. The first-order valence-electron chi connectivity index (χ1n) is 4.12. The highest BCUT2D eigenvalue weighted by Gasteiger charge is 2.20. The van der Waals surface area contributed by atoms with Gasteiger partial charge in [0.2, 0.25) is 0 Å². The normalized spacial score (nSPS) is 16.3. The van der Waals surface area contributed by atoms with Gasteiger partial charge in [0.05, 0.1) is 6.54 Å². The molecule has 12 heavy (non-hydrogen) atoms. The average Bonchev–Trinajstić information content (AvgIpc) is 2.84. The average molecular weight is 165 g/mol. The first-order chi connectivity index (χ1) is 5.84. The molecule has 64 valence electrons. The topological polar surface area (TPSA) is 57.8 Å². The lowest BCUT2D eigenvalue weighted by Gasteiger charge is -1.99. The van der Waals surface area contributed by atoms with Gasteiger partial charge < -0.3 is 10.3 Å². The van der Waals surface area contributed by atoms with Crippen molar-refractivity contribution in [3.63, 3.8) is 0 Å². The third-order valence-corrected chi connectivity index (χ3v) is 1.86. The maximum Gasteiger partial charge on any atom is 0.250 e. The number of aromatic nitrogens is 2. The fraction of sp³-hybridized carbons (Fsp3) is 0.500. The van der Waals surface area contributed by atoms with Crippen LogP contribution in [0.3, 0.4) is 0 Å². The van der Waals surface area contributed by atoms with Gasteiger partial charge in [-0.1, -0.05) is 0 Å². The van der Waals surface area contributed by atoms with E-state index in [0.29, 0.717) is 12.6 Å². The van der Waals surface area contributed by atoms with Crippen LogP contribution in [0.1, 0.15) is 18.7 Å². The maximum atomic E-state index is 10.8. The van der Waals surface area contributed by atoms with Crippen molar-refractivity contribution < 1.29 is 0 Å². The Bertz CT molecular complexity index is 316. The molecule has 0 radical (unpaired) electrons. The molecule has 0 aromatic carbocycles. The molecule has 1 heterocycles. The van der Waals surface area contributed by atoms with Gasteiger partial charge in [0.1, 0.15) is 5.82 Å². The summed E-state index contributed by atoms with van der Waals surface area (Å²) >= 11 is 0. The molecule has 0 bridgehead atoms. The predicted octanol–water partition coefficient (Wildman–Crippen LogP) is 0.0219. The summed E-state index contributed by atoms with van der Waals surface area (Å²) in [5, 5.41) is 3.27. The molecule has 0 aliphatic heterocycles. The zero-order valence-corrected chi connectivity index (χ0v) is 6.71. The van der Waals surface area contributed by atoms with Crippen LogP contribution < -0.4 is 10.9 Å². The zero-order valence-electron chi connectivity index (χ0n) is 6.71. The van der Waals surface area contributed by atoms with Crippen molar-refractivity contribution in [2.45, 2.75) is 25.4 Å². The Labute approximate surface area is 70.0 Å². The summed E-state index contributed by atoms with van der Waals surface area (Å²) in [6.07, 6.45) is 4.02. The van der Waals surface area contributed by atoms with Crippen LogP contribution in [0, 0.1) is 0 Å². The second-order valence-electron chi connectivity index (χ2n) is 3.04. The van der Waals surface area contributed by atoms with Crippen molar-refractivity contribution in [3.8, 4) is 0 Å². The molecular formula is C8H11N3O. The van der Waals surface area contributed by atoms with Crippen LogP contribution in [0.15, 0.2) is 17.1 Å². The summed E-state index contributed by atoms with van der Waals surface area (Å²) < 4.78 is 0. The number of hydrogen-bond donors (Lipinski definition) is 2. The van der Waals surface area contributed by atoms with Gasteiger partial charge in [0, 0.05) is 18.3 Å². The van der Waals surface area contributed by atoms with E-state index in [1.54, 1.807) is 0 Å². The second-order valence-corrected chi connectivity index (χ2v) is 3.04. The number of nitrogens with one attached hydrogen (secondary N) is 2. The molecule has 4 heteroatoms. The highest BCUT2D eigenvalue weighted by molar-refractivity contribution is 4.91. The fourth-order valence-corrected chi connectivity index (χ4v) is 1.03. The Morgan fingerprint density at radius 3 is 3.17 bits per heavy atom. The van der Waals surface area contributed by atoms with Crippen LogP contribution in [-0.4, -0.2) is 16.0 Å². The molecule has 4 nitrogen and oxygen atoms in total. The van der Waals surface area contributed by atoms with E-state index in [-0.39, 0.29) is 5.56 Å². The Morgan fingerprint density at radius 2 is 2.50 bits per heavy atom. The highest BCUT2D eigenvalue weighted by atomic mass is 16.1. The molecule has 1 saturated carbocycles. The Balaban J connectivity index is 1.97. The first-order valence-corrected chi connectivity index (χ1v) is 4.12. The molecule has 0 unspecified atom stereocenters. The molecule has 1 fully saturated rings. The smallest absolute Gasteiger partial charge is 0.250 e. The van der Waals surface area contributed by atoms with Gasteiger partial charge in [0.15, 0.2) is 0 Å². The van der Waals surface area contributed by atoms with Gasteiger partial charge in [-0.25, -0.2) is 4.98 Å². The van der Waals surface area contributed by atoms with Crippen LogP contribution >= 0.6 is 0 Å². The van der Waals surface area contributed by atoms with Crippen LogP contribution in [0.2, 0.25) is 0 Å². The molecule has 0 saturated heterocycles. The van der Waals surface area contributed by atoms with Crippen LogP contribution in [0.4, 0.5) is 0 Å². The van der Waals surface area contributed by atoms with Gasteiger partial charge in [-0.2, -0.15) is 0 Å². The van der Waals surface area contributed by atoms with E-state index in [9.17, 15) is 4.79 Å². The van der Waals surface area contributed by atoms with Crippen molar-refractivity contribution in [2.24, 2.45) is 0 Å². The van der Waals surface area contributed by atoms with E-state index in [0.717, 1.165) is 5.82 Å².